The number of hydrazine groups is 1. The van der Waals surface area contributed by atoms with Crippen LogP contribution in [0.2, 0.25) is 5.02 Å². The quantitative estimate of drug-likeness (QED) is 0.250. The second kappa shape index (κ2) is 9.09. The van der Waals surface area contributed by atoms with Gasteiger partial charge in [-0.3, -0.25) is 25.1 Å². The first-order valence-electron chi connectivity index (χ1n) is 9.61. The smallest absolute Gasteiger partial charge is 0.313 e. The zero-order valence-electron chi connectivity index (χ0n) is 16.8. The summed E-state index contributed by atoms with van der Waals surface area (Å²) in [5, 5.41) is 12.6. The van der Waals surface area contributed by atoms with Crippen molar-refractivity contribution in [2.24, 2.45) is 0 Å². The van der Waals surface area contributed by atoms with Gasteiger partial charge in [0, 0.05) is 11.6 Å². The van der Waals surface area contributed by atoms with E-state index in [1.807, 2.05) is 0 Å². The van der Waals surface area contributed by atoms with Gasteiger partial charge in [0.05, 0.1) is 15.6 Å². The van der Waals surface area contributed by atoms with E-state index < -0.39 is 28.2 Å². The number of anilines is 1. The summed E-state index contributed by atoms with van der Waals surface area (Å²) in [6.07, 6.45) is 1.21. The third kappa shape index (κ3) is 4.53. The van der Waals surface area contributed by atoms with Crippen molar-refractivity contribution in [1.82, 2.24) is 5.43 Å². The molecule has 0 unspecified atom stereocenters. The first-order chi connectivity index (χ1) is 15.8. The highest BCUT2D eigenvalue weighted by molar-refractivity contribution is 6.33. The first kappa shape index (κ1) is 22.0. The summed E-state index contributed by atoms with van der Waals surface area (Å²) in [5.41, 5.74) is 2.55. The third-order valence-electron chi connectivity index (χ3n) is 4.79. The highest BCUT2D eigenvalue weighted by Gasteiger charge is 2.34. The van der Waals surface area contributed by atoms with Crippen LogP contribution in [0.15, 0.2) is 72.3 Å². The molecule has 3 aromatic rings. The molecule has 166 valence electrons. The summed E-state index contributed by atoms with van der Waals surface area (Å²) < 4.78 is 19.3. The number of amides is 2. The number of para-hydroxylation sites is 1. The lowest BCUT2D eigenvalue weighted by Gasteiger charge is -2.13. The monoisotopic (exact) mass is 467 g/mol. The molecular weight excluding hydrogens is 453 g/mol. The number of nitro groups is 1. The molecule has 0 spiro atoms. The lowest BCUT2D eigenvalue weighted by atomic mass is 10.1. The van der Waals surface area contributed by atoms with Crippen molar-refractivity contribution in [2.45, 2.75) is 6.61 Å². The Balaban J connectivity index is 1.64. The van der Waals surface area contributed by atoms with Crippen molar-refractivity contribution in [3.8, 4) is 5.75 Å². The first-order valence-corrected chi connectivity index (χ1v) is 9.99. The van der Waals surface area contributed by atoms with E-state index in [9.17, 15) is 24.1 Å². The Morgan fingerprint density at radius 1 is 1.09 bits per heavy atom. The third-order valence-corrected chi connectivity index (χ3v) is 5.07. The van der Waals surface area contributed by atoms with Gasteiger partial charge in [0.15, 0.2) is 0 Å². The number of benzene rings is 3. The summed E-state index contributed by atoms with van der Waals surface area (Å²) >= 11 is 6.22. The molecule has 0 aromatic heterocycles. The lowest BCUT2D eigenvalue weighted by molar-refractivity contribution is -0.385. The van der Waals surface area contributed by atoms with E-state index in [0.29, 0.717) is 5.69 Å². The van der Waals surface area contributed by atoms with Crippen molar-refractivity contribution in [3.63, 3.8) is 0 Å². The number of hydrogen-bond donors (Lipinski definition) is 1. The molecule has 1 fully saturated rings. The molecule has 1 aliphatic rings. The van der Waals surface area contributed by atoms with Crippen LogP contribution in [-0.2, 0) is 16.2 Å². The van der Waals surface area contributed by atoms with Crippen LogP contribution >= 0.6 is 11.6 Å². The number of nitrogens with one attached hydrogen (secondary N) is 1. The average Bonchev–Trinajstić information content (AvgIpc) is 3.08. The van der Waals surface area contributed by atoms with E-state index in [1.54, 1.807) is 36.4 Å². The number of rotatable bonds is 6. The van der Waals surface area contributed by atoms with Gasteiger partial charge in [-0.05, 0) is 35.9 Å². The topological polar surface area (TPSA) is 102 Å². The van der Waals surface area contributed by atoms with Crippen LogP contribution in [0.5, 0.6) is 5.75 Å². The molecule has 0 atom stereocenters. The molecule has 3 aromatic carbocycles. The van der Waals surface area contributed by atoms with Crippen LogP contribution < -0.4 is 15.2 Å². The van der Waals surface area contributed by atoms with E-state index >= 15 is 0 Å². The van der Waals surface area contributed by atoms with Crippen molar-refractivity contribution >= 4 is 40.9 Å². The molecule has 4 rings (SSSR count). The fraction of sp³-hybridized carbons (Fsp3) is 0.0435. The van der Waals surface area contributed by atoms with Gasteiger partial charge in [0.25, 0.3) is 11.8 Å². The minimum absolute atomic E-state index is 0.127. The van der Waals surface area contributed by atoms with Crippen LogP contribution in [0.3, 0.4) is 0 Å². The number of nitro benzene ring substituents is 1. The molecule has 10 heteroatoms. The molecule has 8 nitrogen and oxygen atoms in total. The molecular formula is C23H15ClFN3O5. The van der Waals surface area contributed by atoms with Gasteiger partial charge in [0.1, 0.15) is 18.0 Å². The maximum absolute atomic E-state index is 13.8. The highest BCUT2D eigenvalue weighted by atomic mass is 35.5. The molecule has 0 saturated carbocycles. The summed E-state index contributed by atoms with van der Waals surface area (Å²) in [6.45, 7) is -0.277. The van der Waals surface area contributed by atoms with Crippen molar-refractivity contribution in [2.75, 3.05) is 5.01 Å². The molecule has 1 heterocycles. The lowest BCUT2D eigenvalue weighted by Crippen LogP contribution is -2.35. The van der Waals surface area contributed by atoms with Crippen LogP contribution in [0, 0.1) is 15.9 Å². The van der Waals surface area contributed by atoms with Crippen LogP contribution in [0.4, 0.5) is 15.8 Å². The number of halogens is 2. The number of carbonyl (C=O) groups is 2. The van der Waals surface area contributed by atoms with Crippen molar-refractivity contribution in [3.05, 3.63) is 104 Å². The van der Waals surface area contributed by atoms with Gasteiger partial charge in [-0.25, -0.2) is 9.40 Å². The predicted octanol–water partition coefficient (Wildman–Crippen LogP) is 4.43. The van der Waals surface area contributed by atoms with Crippen LogP contribution in [-0.4, -0.2) is 16.7 Å². The Hall–Kier alpha value is -4.24. The van der Waals surface area contributed by atoms with Gasteiger partial charge in [0.2, 0.25) is 5.75 Å². The second-order valence-electron chi connectivity index (χ2n) is 6.96. The van der Waals surface area contributed by atoms with Crippen molar-refractivity contribution < 1.29 is 23.6 Å². The largest absolute Gasteiger partial charge is 0.481 e. The Morgan fingerprint density at radius 3 is 2.48 bits per heavy atom. The molecule has 1 aliphatic heterocycles. The Morgan fingerprint density at radius 2 is 1.79 bits per heavy atom. The summed E-state index contributed by atoms with van der Waals surface area (Å²) in [4.78, 5) is 36.0. The van der Waals surface area contributed by atoms with E-state index in [2.05, 4.69) is 5.43 Å². The number of ether oxygens (including phenoxy) is 1. The van der Waals surface area contributed by atoms with E-state index in [-0.39, 0.29) is 34.1 Å². The van der Waals surface area contributed by atoms with E-state index in [1.165, 1.54) is 30.3 Å². The standard InChI is InChI=1S/C23H15ClFN3O5/c24-18-11-14(10-17-22(29)26-27(23(17)30)16-7-2-1-3-8-16)12-20(28(31)32)21(18)33-13-15-6-4-5-9-19(15)25/h1-12H,13H2,(H,26,29)/b17-10-. The number of hydrogen-bond acceptors (Lipinski definition) is 5. The van der Waals surface area contributed by atoms with E-state index in [0.717, 1.165) is 11.1 Å². The molecule has 1 N–H and O–H groups in total. The minimum atomic E-state index is -0.711. The Kier molecular flexibility index (Phi) is 6.05. The zero-order chi connectivity index (χ0) is 23.5. The maximum atomic E-state index is 13.8. The number of nitrogens with zero attached hydrogens (tertiary/aromatic N) is 2. The van der Waals surface area contributed by atoms with Gasteiger partial charge in [-0.15, -0.1) is 0 Å². The molecule has 1 saturated heterocycles. The van der Waals surface area contributed by atoms with Crippen LogP contribution in [0.1, 0.15) is 11.1 Å². The van der Waals surface area contributed by atoms with Gasteiger partial charge >= 0.3 is 5.69 Å². The highest BCUT2D eigenvalue weighted by Crippen LogP contribution is 2.37. The minimum Gasteiger partial charge on any atom is -0.481 e. The molecule has 0 aliphatic carbocycles. The summed E-state index contributed by atoms with van der Waals surface area (Å²) in [5.74, 6) is -2.06. The number of carbonyl (C=O) groups excluding carboxylic acids is 2. The second-order valence-corrected chi connectivity index (χ2v) is 7.37. The normalized spacial score (nSPS) is 14.5. The van der Waals surface area contributed by atoms with E-state index in [4.69, 9.17) is 16.3 Å². The zero-order valence-corrected chi connectivity index (χ0v) is 17.6. The average molecular weight is 468 g/mol. The molecule has 2 amide bonds. The fourth-order valence-corrected chi connectivity index (χ4v) is 3.49. The van der Waals surface area contributed by atoms with Crippen LogP contribution in [0.25, 0.3) is 6.08 Å². The van der Waals surface area contributed by atoms with Gasteiger partial charge < -0.3 is 4.74 Å². The van der Waals surface area contributed by atoms with Gasteiger partial charge in [-0.2, -0.15) is 0 Å². The Labute approximate surface area is 192 Å². The molecule has 33 heavy (non-hydrogen) atoms. The van der Waals surface area contributed by atoms with Gasteiger partial charge in [-0.1, -0.05) is 48.0 Å². The SMILES string of the molecule is O=C1NN(c2ccccc2)C(=O)/C1=C\c1cc(Cl)c(OCc2ccccc2F)c([N+](=O)[O-])c1. The predicted molar refractivity (Wildman–Crippen MR) is 119 cm³/mol. The summed E-state index contributed by atoms with van der Waals surface area (Å²) in [6, 6.07) is 16.8. The fourth-order valence-electron chi connectivity index (χ4n) is 3.21. The molecule has 0 radical (unpaired) electrons. The Bertz CT molecular complexity index is 1300. The maximum Gasteiger partial charge on any atom is 0.313 e. The molecule has 0 bridgehead atoms. The van der Waals surface area contributed by atoms with Crippen molar-refractivity contribution in [1.29, 1.82) is 0 Å². The summed E-state index contributed by atoms with van der Waals surface area (Å²) in [7, 11) is 0.